The molecule has 0 aliphatic heterocycles. The Balaban J connectivity index is 2.85. The molecule has 106 valence electrons. The second-order valence-corrected chi connectivity index (χ2v) is 6.25. The summed E-state index contributed by atoms with van der Waals surface area (Å²) in [6, 6.07) is -0.941. The number of rotatable bonds is 6. The summed E-state index contributed by atoms with van der Waals surface area (Å²) in [4.78, 5) is 11.3. The summed E-state index contributed by atoms with van der Waals surface area (Å²) < 4.78 is 22.2. The Hall–Kier alpha value is -0.460. The molecular formula is C12H23NO4S. The van der Waals surface area contributed by atoms with Crippen LogP contribution in [-0.2, 0) is 16.1 Å². The van der Waals surface area contributed by atoms with Crippen LogP contribution in [0.15, 0.2) is 0 Å². The van der Waals surface area contributed by atoms with E-state index < -0.39 is 23.3 Å². The zero-order valence-corrected chi connectivity index (χ0v) is 11.9. The molecule has 1 aliphatic rings. The Kier molecular flexibility index (Phi) is 6.25. The summed E-state index contributed by atoms with van der Waals surface area (Å²) in [5.41, 5.74) is 0. The first-order chi connectivity index (χ1) is 8.43. The second-order valence-electron chi connectivity index (χ2n) is 5.37. The Morgan fingerprint density at radius 1 is 1.33 bits per heavy atom. The number of hydrogen-bond acceptors (Lipinski definition) is 2. The van der Waals surface area contributed by atoms with Crippen LogP contribution in [0.25, 0.3) is 0 Å². The van der Waals surface area contributed by atoms with Crippen LogP contribution in [0.5, 0.6) is 0 Å². The van der Waals surface area contributed by atoms with Crippen LogP contribution < -0.4 is 0 Å². The maximum Gasteiger partial charge on any atom is 0.322 e. The van der Waals surface area contributed by atoms with Crippen molar-refractivity contribution < 1.29 is 18.7 Å². The van der Waals surface area contributed by atoms with Crippen molar-refractivity contribution in [1.29, 1.82) is 0 Å². The first-order valence-corrected chi connectivity index (χ1v) is 7.62. The molecule has 0 aromatic rings. The van der Waals surface area contributed by atoms with Gasteiger partial charge in [0, 0.05) is 6.04 Å². The summed E-state index contributed by atoms with van der Waals surface area (Å²) in [6.45, 7) is 3.85. The highest BCUT2D eigenvalue weighted by atomic mass is 32.2. The minimum Gasteiger partial charge on any atom is -0.480 e. The van der Waals surface area contributed by atoms with Crippen LogP contribution in [-0.4, -0.2) is 36.2 Å². The smallest absolute Gasteiger partial charge is 0.322 e. The van der Waals surface area contributed by atoms with Gasteiger partial charge in [0.2, 0.25) is 11.3 Å². The molecule has 1 fully saturated rings. The molecule has 1 saturated carbocycles. The number of carboxylic acids is 1. The van der Waals surface area contributed by atoms with Gasteiger partial charge in [-0.3, -0.25) is 9.35 Å². The molecule has 18 heavy (non-hydrogen) atoms. The molecule has 6 heteroatoms. The average molecular weight is 277 g/mol. The van der Waals surface area contributed by atoms with E-state index in [0.717, 1.165) is 32.1 Å². The topological polar surface area (TPSA) is 77.8 Å². The molecule has 0 aromatic heterocycles. The van der Waals surface area contributed by atoms with E-state index in [1.165, 1.54) is 4.31 Å². The minimum atomic E-state index is -2.22. The first-order valence-electron chi connectivity index (χ1n) is 6.55. The molecule has 0 amide bonds. The molecule has 0 saturated heterocycles. The van der Waals surface area contributed by atoms with Crippen molar-refractivity contribution >= 4 is 17.2 Å². The SMILES string of the molecule is CC(C)C[C@@H](C(=O)O)N(C1CCCCC1)S(=O)O. The van der Waals surface area contributed by atoms with Gasteiger partial charge in [-0.1, -0.05) is 33.1 Å². The van der Waals surface area contributed by atoms with Gasteiger partial charge in [-0.15, -0.1) is 0 Å². The van der Waals surface area contributed by atoms with Crippen molar-refractivity contribution in [3.63, 3.8) is 0 Å². The fourth-order valence-electron chi connectivity index (χ4n) is 2.59. The molecular weight excluding hydrogens is 254 g/mol. The molecule has 1 rings (SSSR count). The average Bonchev–Trinajstić information content (AvgIpc) is 2.28. The van der Waals surface area contributed by atoms with E-state index in [2.05, 4.69) is 0 Å². The molecule has 1 unspecified atom stereocenters. The quantitative estimate of drug-likeness (QED) is 0.730. The number of carboxylic acid groups (broad SMARTS) is 1. The van der Waals surface area contributed by atoms with Crippen molar-refractivity contribution in [2.75, 3.05) is 0 Å². The molecule has 0 radical (unpaired) electrons. The van der Waals surface area contributed by atoms with Gasteiger partial charge in [0.1, 0.15) is 6.04 Å². The third kappa shape index (κ3) is 4.33. The van der Waals surface area contributed by atoms with E-state index in [-0.39, 0.29) is 12.0 Å². The fourth-order valence-corrected chi connectivity index (χ4v) is 3.45. The number of aliphatic carboxylic acids is 1. The number of hydrogen-bond donors (Lipinski definition) is 2. The van der Waals surface area contributed by atoms with Crippen molar-refractivity contribution in [2.24, 2.45) is 5.92 Å². The van der Waals surface area contributed by atoms with Gasteiger partial charge >= 0.3 is 5.97 Å². The lowest BCUT2D eigenvalue weighted by Gasteiger charge is -2.35. The third-order valence-corrected chi connectivity index (χ3v) is 4.32. The van der Waals surface area contributed by atoms with E-state index in [1.807, 2.05) is 13.8 Å². The molecule has 0 heterocycles. The lowest BCUT2D eigenvalue weighted by atomic mass is 9.93. The maximum absolute atomic E-state index is 11.5. The highest BCUT2D eigenvalue weighted by Crippen LogP contribution is 2.27. The predicted octanol–water partition coefficient (Wildman–Crippen LogP) is 2.26. The molecule has 2 atom stereocenters. The molecule has 0 aromatic carbocycles. The summed E-state index contributed by atoms with van der Waals surface area (Å²) in [6.07, 6.45) is 5.17. The molecule has 5 nitrogen and oxygen atoms in total. The highest BCUT2D eigenvalue weighted by molar-refractivity contribution is 7.76. The van der Waals surface area contributed by atoms with Crippen molar-refractivity contribution in [2.45, 2.75) is 64.5 Å². The van der Waals surface area contributed by atoms with Crippen molar-refractivity contribution in [3.05, 3.63) is 0 Å². The Morgan fingerprint density at radius 3 is 2.28 bits per heavy atom. The number of nitrogens with zero attached hydrogens (tertiary/aromatic N) is 1. The number of carbonyl (C=O) groups is 1. The lowest BCUT2D eigenvalue weighted by Crippen LogP contribution is -2.49. The molecule has 0 spiro atoms. The summed E-state index contributed by atoms with van der Waals surface area (Å²) in [5, 5.41) is 9.28. The van der Waals surface area contributed by atoms with Gasteiger partial charge in [-0.05, 0) is 25.2 Å². The lowest BCUT2D eigenvalue weighted by molar-refractivity contribution is -0.142. The van der Waals surface area contributed by atoms with Crippen LogP contribution in [0.2, 0.25) is 0 Å². The van der Waals surface area contributed by atoms with Crippen LogP contribution in [0.4, 0.5) is 0 Å². The third-order valence-electron chi connectivity index (χ3n) is 3.40. The van der Waals surface area contributed by atoms with Crippen molar-refractivity contribution in [3.8, 4) is 0 Å². The van der Waals surface area contributed by atoms with E-state index in [4.69, 9.17) is 0 Å². The van der Waals surface area contributed by atoms with Gasteiger partial charge in [0.25, 0.3) is 0 Å². The Labute approximate surface area is 111 Å². The highest BCUT2D eigenvalue weighted by Gasteiger charge is 2.36. The van der Waals surface area contributed by atoms with Gasteiger partial charge in [0.15, 0.2) is 0 Å². The van der Waals surface area contributed by atoms with Crippen LogP contribution in [0.1, 0.15) is 52.4 Å². The summed E-state index contributed by atoms with van der Waals surface area (Å²) in [7, 11) is 0. The minimum absolute atomic E-state index is 0.0792. The van der Waals surface area contributed by atoms with Crippen LogP contribution in [0, 0.1) is 5.92 Å². The zero-order chi connectivity index (χ0) is 13.7. The second kappa shape index (κ2) is 7.21. The van der Waals surface area contributed by atoms with Crippen molar-refractivity contribution in [1.82, 2.24) is 4.31 Å². The van der Waals surface area contributed by atoms with Crippen LogP contribution >= 0.6 is 0 Å². The Morgan fingerprint density at radius 2 is 1.89 bits per heavy atom. The zero-order valence-electron chi connectivity index (χ0n) is 11.0. The van der Waals surface area contributed by atoms with E-state index in [1.54, 1.807) is 0 Å². The maximum atomic E-state index is 11.5. The standard InChI is InChI=1S/C12H23NO4S/c1-9(2)8-11(12(14)15)13(18(16)17)10-6-4-3-5-7-10/h9-11H,3-8H2,1-2H3,(H,14,15)(H,16,17)/t11-/m0/s1. The largest absolute Gasteiger partial charge is 0.480 e. The van der Waals surface area contributed by atoms with Gasteiger partial charge in [-0.2, -0.15) is 4.31 Å². The summed E-state index contributed by atoms with van der Waals surface area (Å²) in [5.74, 6) is -0.822. The normalized spacial score (nSPS) is 21.2. The van der Waals surface area contributed by atoms with E-state index in [0.29, 0.717) is 6.42 Å². The van der Waals surface area contributed by atoms with E-state index in [9.17, 15) is 18.7 Å². The van der Waals surface area contributed by atoms with Gasteiger partial charge in [0.05, 0.1) is 0 Å². The molecule has 1 aliphatic carbocycles. The predicted molar refractivity (Wildman–Crippen MR) is 70.4 cm³/mol. The van der Waals surface area contributed by atoms with Gasteiger partial charge < -0.3 is 5.11 Å². The fraction of sp³-hybridized carbons (Fsp3) is 0.917. The Bertz CT molecular complexity index is 302. The summed E-state index contributed by atoms with van der Waals surface area (Å²) >= 11 is -2.22. The van der Waals surface area contributed by atoms with E-state index >= 15 is 0 Å². The van der Waals surface area contributed by atoms with Crippen LogP contribution in [0.3, 0.4) is 0 Å². The first kappa shape index (κ1) is 15.6. The van der Waals surface area contributed by atoms with Gasteiger partial charge in [-0.25, -0.2) is 4.21 Å². The molecule has 0 bridgehead atoms. The molecule has 2 N–H and O–H groups in total. The monoisotopic (exact) mass is 277 g/mol.